The lowest BCUT2D eigenvalue weighted by molar-refractivity contribution is 0.0688. The van der Waals surface area contributed by atoms with Gasteiger partial charge in [-0.05, 0) is 36.2 Å². The van der Waals surface area contributed by atoms with E-state index in [4.69, 9.17) is 0 Å². The summed E-state index contributed by atoms with van der Waals surface area (Å²) in [6, 6.07) is 10.9. The van der Waals surface area contributed by atoms with E-state index < -0.39 is 33.9 Å². The zero-order valence-corrected chi connectivity index (χ0v) is 16.7. The number of carbonyl (C=O) groups is 2. The summed E-state index contributed by atoms with van der Waals surface area (Å²) in [5.41, 5.74) is 0.673. The molecule has 1 aliphatic rings. The van der Waals surface area contributed by atoms with Gasteiger partial charge in [0.15, 0.2) is 11.5 Å². The number of sulfonamides is 1. The van der Waals surface area contributed by atoms with Crippen LogP contribution in [-0.4, -0.2) is 47.9 Å². The first-order valence-electron chi connectivity index (χ1n) is 9.04. The summed E-state index contributed by atoms with van der Waals surface area (Å²) in [5, 5.41) is 13.7. The Morgan fingerprint density at radius 1 is 1.13 bits per heavy atom. The molecule has 0 spiro atoms. The number of hydrogen-bond acceptors (Lipinski definition) is 6. The number of aromatic carboxylic acids is 1. The van der Waals surface area contributed by atoms with Crippen LogP contribution in [0.3, 0.4) is 0 Å². The van der Waals surface area contributed by atoms with E-state index in [2.05, 4.69) is 5.10 Å². The maximum Gasteiger partial charge on any atom is 0.357 e. The molecule has 0 saturated heterocycles. The number of aromatic nitrogens is 2. The van der Waals surface area contributed by atoms with E-state index >= 15 is 0 Å². The van der Waals surface area contributed by atoms with Crippen LogP contribution in [0.4, 0.5) is 5.69 Å². The lowest BCUT2D eigenvalue weighted by atomic mass is 10.1. The Morgan fingerprint density at radius 3 is 2.50 bits per heavy atom. The van der Waals surface area contributed by atoms with Crippen LogP contribution in [0.5, 0.6) is 0 Å². The Morgan fingerprint density at radius 2 is 1.83 bits per heavy atom. The minimum atomic E-state index is -3.40. The van der Waals surface area contributed by atoms with Crippen LogP contribution in [0.25, 0.3) is 10.8 Å². The van der Waals surface area contributed by atoms with Gasteiger partial charge in [-0.2, -0.15) is 5.10 Å². The quantitative estimate of drug-likeness (QED) is 0.608. The summed E-state index contributed by atoms with van der Waals surface area (Å²) in [5.74, 6) is -1.73. The van der Waals surface area contributed by atoms with Crippen molar-refractivity contribution in [2.24, 2.45) is 0 Å². The first-order chi connectivity index (χ1) is 14.2. The number of ketones is 1. The van der Waals surface area contributed by atoms with Gasteiger partial charge in [0.1, 0.15) is 6.54 Å². The second kappa shape index (κ2) is 7.06. The Kier molecular flexibility index (Phi) is 4.65. The van der Waals surface area contributed by atoms with Crippen LogP contribution >= 0.6 is 0 Å². The largest absolute Gasteiger partial charge is 0.476 e. The lowest BCUT2D eigenvalue weighted by Crippen LogP contribution is -2.29. The minimum absolute atomic E-state index is 0.162. The molecule has 4 rings (SSSR count). The number of nitrogens with zero attached hydrogens (tertiary/aromatic N) is 3. The molecule has 2 heterocycles. The second-order valence-corrected chi connectivity index (χ2v) is 8.92. The zero-order valence-electron chi connectivity index (χ0n) is 15.9. The van der Waals surface area contributed by atoms with E-state index in [0.29, 0.717) is 24.2 Å². The number of carboxylic acids is 1. The van der Waals surface area contributed by atoms with Crippen molar-refractivity contribution < 1.29 is 23.1 Å². The average Bonchev–Trinajstić information content (AvgIpc) is 3.13. The molecule has 9 nitrogen and oxygen atoms in total. The average molecular weight is 427 g/mol. The molecule has 0 saturated carbocycles. The molecule has 154 valence electrons. The maximum atomic E-state index is 12.8. The molecule has 1 N–H and O–H groups in total. The number of anilines is 1. The highest BCUT2D eigenvalue weighted by molar-refractivity contribution is 7.92. The van der Waals surface area contributed by atoms with Crippen molar-refractivity contribution in [3.05, 3.63) is 69.6 Å². The van der Waals surface area contributed by atoms with E-state index in [1.165, 1.54) is 22.5 Å². The van der Waals surface area contributed by atoms with Crippen LogP contribution in [0.2, 0.25) is 0 Å². The summed E-state index contributed by atoms with van der Waals surface area (Å²) < 4.78 is 25.8. The monoisotopic (exact) mass is 427 g/mol. The summed E-state index contributed by atoms with van der Waals surface area (Å²) in [6.07, 6.45) is 1.60. The first kappa shape index (κ1) is 19.8. The fraction of sp³-hybridized carbons (Fsp3) is 0.200. The van der Waals surface area contributed by atoms with Gasteiger partial charge in [-0.3, -0.25) is 13.9 Å². The van der Waals surface area contributed by atoms with E-state index in [0.717, 1.165) is 16.5 Å². The number of carbonyl (C=O) groups excluding carboxylic acids is 1. The second-order valence-electron chi connectivity index (χ2n) is 7.01. The molecule has 30 heavy (non-hydrogen) atoms. The molecule has 0 unspecified atom stereocenters. The minimum Gasteiger partial charge on any atom is -0.476 e. The van der Waals surface area contributed by atoms with E-state index in [-0.39, 0.29) is 16.5 Å². The fourth-order valence-corrected chi connectivity index (χ4v) is 4.58. The van der Waals surface area contributed by atoms with Crippen LogP contribution in [-0.2, 0) is 23.0 Å². The normalized spacial score (nSPS) is 13.4. The van der Waals surface area contributed by atoms with Crippen LogP contribution in [0, 0.1) is 0 Å². The van der Waals surface area contributed by atoms with Gasteiger partial charge in [-0.1, -0.05) is 18.2 Å². The standard InChI is InChI=1S/C20H17N3O6S/c1-30(28,29)23-9-8-12-10-13(6-7-16(12)23)17(24)11-22-19(25)15-5-3-2-4-14(15)18(21-22)20(26)27/h2-7,10H,8-9,11H2,1H3,(H,26,27). The highest BCUT2D eigenvalue weighted by Gasteiger charge is 2.27. The predicted octanol–water partition coefficient (Wildman–Crippen LogP) is 1.30. The topological polar surface area (TPSA) is 127 Å². The summed E-state index contributed by atoms with van der Waals surface area (Å²) >= 11 is 0. The van der Waals surface area contributed by atoms with Gasteiger partial charge >= 0.3 is 5.97 Å². The van der Waals surface area contributed by atoms with Crippen LogP contribution < -0.4 is 9.86 Å². The van der Waals surface area contributed by atoms with Gasteiger partial charge in [-0.15, -0.1) is 0 Å². The summed E-state index contributed by atoms with van der Waals surface area (Å²) in [4.78, 5) is 37.0. The fourth-order valence-electron chi connectivity index (χ4n) is 3.62. The van der Waals surface area contributed by atoms with Crippen molar-refractivity contribution in [3.8, 4) is 0 Å². The zero-order chi connectivity index (χ0) is 21.6. The predicted molar refractivity (Wildman–Crippen MR) is 110 cm³/mol. The number of Topliss-reactive ketones (excluding diaryl/α,β-unsaturated/α-hetero) is 1. The molecule has 0 aliphatic carbocycles. The third kappa shape index (κ3) is 3.35. The summed E-state index contributed by atoms with van der Waals surface area (Å²) in [7, 11) is -3.40. The maximum absolute atomic E-state index is 12.8. The van der Waals surface area contributed by atoms with E-state index in [1.807, 2.05) is 0 Å². The Bertz CT molecular complexity index is 1380. The van der Waals surface area contributed by atoms with Gasteiger partial charge in [0, 0.05) is 17.5 Å². The molecule has 0 atom stereocenters. The van der Waals surface area contributed by atoms with E-state index in [9.17, 15) is 27.9 Å². The molecular formula is C20H17N3O6S. The van der Waals surface area contributed by atoms with Gasteiger partial charge in [0.25, 0.3) is 5.56 Å². The highest BCUT2D eigenvalue weighted by atomic mass is 32.2. The molecule has 0 radical (unpaired) electrons. The number of benzene rings is 2. The molecule has 0 amide bonds. The molecule has 2 aromatic carbocycles. The molecular weight excluding hydrogens is 410 g/mol. The van der Waals surface area contributed by atoms with Crippen molar-refractivity contribution >= 4 is 38.2 Å². The molecule has 0 fully saturated rings. The molecule has 10 heteroatoms. The third-order valence-electron chi connectivity index (χ3n) is 5.02. The van der Waals surface area contributed by atoms with Gasteiger partial charge in [-0.25, -0.2) is 17.9 Å². The molecule has 0 bridgehead atoms. The van der Waals surface area contributed by atoms with Crippen LogP contribution in [0.15, 0.2) is 47.3 Å². The van der Waals surface area contributed by atoms with Crippen molar-refractivity contribution in [2.75, 3.05) is 17.1 Å². The Labute approximate surface area is 171 Å². The van der Waals surface area contributed by atoms with Gasteiger partial charge in [0.05, 0.1) is 17.3 Å². The molecule has 1 aliphatic heterocycles. The Hall–Kier alpha value is -3.53. The van der Waals surface area contributed by atoms with Crippen molar-refractivity contribution in [1.82, 2.24) is 9.78 Å². The number of rotatable bonds is 5. The highest BCUT2D eigenvalue weighted by Crippen LogP contribution is 2.30. The van der Waals surface area contributed by atoms with Crippen molar-refractivity contribution in [3.63, 3.8) is 0 Å². The smallest absolute Gasteiger partial charge is 0.357 e. The third-order valence-corrected chi connectivity index (χ3v) is 6.20. The molecule has 3 aromatic rings. The Balaban J connectivity index is 1.70. The van der Waals surface area contributed by atoms with Gasteiger partial charge in [0.2, 0.25) is 10.0 Å². The SMILES string of the molecule is CS(=O)(=O)N1CCc2cc(C(=O)Cn3nc(C(=O)O)c4ccccc4c3=O)ccc21. The summed E-state index contributed by atoms with van der Waals surface area (Å²) in [6.45, 7) is -0.127. The van der Waals surface area contributed by atoms with E-state index in [1.54, 1.807) is 24.3 Å². The van der Waals surface area contributed by atoms with Gasteiger partial charge < -0.3 is 5.11 Å². The van der Waals surface area contributed by atoms with Crippen LogP contribution in [0.1, 0.15) is 26.4 Å². The number of carboxylic acid groups (broad SMARTS) is 1. The van der Waals surface area contributed by atoms with Crippen molar-refractivity contribution in [1.29, 1.82) is 0 Å². The number of fused-ring (bicyclic) bond motifs is 2. The molecule has 1 aromatic heterocycles. The first-order valence-corrected chi connectivity index (χ1v) is 10.9. The van der Waals surface area contributed by atoms with Crippen molar-refractivity contribution in [2.45, 2.75) is 13.0 Å². The lowest BCUT2D eigenvalue weighted by Gasteiger charge is -2.16. The number of hydrogen-bond donors (Lipinski definition) is 1.